The fraction of sp³-hybridized carbons (Fsp3) is 0.556. The van der Waals surface area contributed by atoms with Crippen molar-refractivity contribution < 1.29 is 19.7 Å². The number of aromatic amines is 1. The number of rotatable bonds is 4. The lowest BCUT2D eigenvalue weighted by molar-refractivity contribution is -0.144. The lowest BCUT2D eigenvalue weighted by Gasteiger charge is -2.14. The first-order valence-electron chi connectivity index (χ1n) is 4.49. The zero-order valence-corrected chi connectivity index (χ0v) is 8.60. The van der Waals surface area contributed by atoms with E-state index in [0.29, 0.717) is 11.5 Å². The summed E-state index contributed by atoms with van der Waals surface area (Å²) in [7, 11) is 1.22. The smallest absolute Gasteiger partial charge is 0.308 e. The molecule has 0 spiro atoms. The van der Waals surface area contributed by atoms with E-state index in [-0.39, 0.29) is 6.42 Å². The molecule has 0 bridgehead atoms. The molecular weight excluding hydrogens is 200 g/mol. The van der Waals surface area contributed by atoms with Crippen LogP contribution < -0.4 is 0 Å². The average molecular weight is 214 g/mol. The Labute approximate surface area is 86.9 Å². The van der Waals surface area contributed by atoms with Gasteiger partial charge in [-0.25, -0.2) is 4.98 Å². The predicted octanol–water partition coefficient (Wildman–Crippen LogP) is -0.324. The molecule has 0 radical (unpaired) electrons. The molecule has 0 saturated carbocycles. The van der Waals surface area contributed by atoms with E-state index in [4.69, 9.17) is 0 Å². The van der Waals surface area contributed by atoms with Gasteiger partial charge in [0.15, 0.2) is 0 Å². The molecule has 15 heavy (non-hydrogen) atoms. The van der Waals surface area contributed by atoms with Gasteiger partial charge in [0, 0.05) is 0 Å². The summed E-state index contributed by atoms with van der Waals surface area (Å²) in [6, 6.07) is 0. The van der Waals surface area contributed by atoms with Gasteiger partial charge in [0.25, 0.3) is 0 Å². The topological polar surface area (TPSA) is 95.4 Å². The fourth-order valence-electron chi connectivity index (χ4n) is 1.16. The van der Waals surface area contributed by atoms with E-state index < -0.39 is 18.2 Å². The van der Waals surface area contributed by atoms with Crippen molar-refractivity contribution in [2.45, 2.75) is 25.6 Å². The number of aryl methyl sites for hydroxylation is 1. The first kappa shape index (κ1) is 11.7. The summed E-state index contributed by atoms with van der Waals surface area (Å²) < 4.78 is 4.38. The number of nitrogens with one attached hydrogen (secondary N) is 1. The summed E-state index contributed by atoms with van der Waals surface area (Å²) in [6.45, 7) is 1.73. The molecule has 6 nitrogen and oxygen atoms in total. The minimum absolute atomic E-state index is 0.254. The van der Waals surface area contributed by atoms with Crippen LogP contribution in [0.15, 0.2) is 6.20 Å². The quantitative estimate of drug-likeness (QED) is 0.597. The largest absolute Gasteiger partial charge is 0.469 e. The van der Waals surface area contributed by atoms with Crippen molar-refractivity contribution in [3.05, 3.63) is 17.7 Å². The number of methoxy groups -OCH3 is 1. The molecule has 6 heteroatoms. The summed E-state index contributed by atoms with van der Waals surface area (Å²) in [4.78, 5) is 17.5. The van der Waals surface area contributed by atoms with Gasteiger partial charge in [0.2, 0.25) is 0 Å². The van der Waals surface area contributed by atoms with E-state index in [1.807, 2.05) is 0 Å². The molecule has 0 aliphatic carbocycles. The first-order chi connectivity index (χ1) is 7.04. The zero-order chi connectivity index (χ0) is 11.4. The van der Waals surface area contributed by atoms with Crippen LogP contribution in [0.4, 0.5) is 0 Å². The van der Waals surface area contributed by atoms with Crippen LogP contribution in [0.2, 0.25) is 0 Å². The molecule has 0 amide bonds. The summed E-state index contributed by atoms with van der Waals surface area (Å²) in [6.07, 6.45) is -1.20. The van der Waals surface area contributed by atoms with Gasteiger partial charge in [-0.3, -0.25) is 4.79 Å². The Morgan fingerprint density at radius 3 is 2.80 bits per heavy atom. The minimum atomic E-state index is -1.20. The van der Waals surface area contributed by atoms with Gasteiger partial charge in [0.1, 0.15) is 11.9 Å². The SMILES string of the molecule is COC(=O)CC(O)C(O)c1cnc(C)[nH]1. The average Bonchev–Trinajstić information content (AvgIpc) is 2.63. The molecular formula is C9H14N2O4. The standard InChI is InChI=1S/C9H14N2O4/c1-5-10-4-6(11-5)9(14)7(12)3-8(13)15-2/h4,7,9,12,14H,3H2,1-2H3,(H,10,11). The number of H-pyrrole nitrogens is 1. The van der Waals surface area contributed by atoms with Crippen molar-refractivity contribution in [1.29, 1.82) is 0 Å². The Kier molecular flexibility index (Phi) is 3.81. The Balaban J connectivity index is 2.60. The van der Waals surface area contributed by atoms with Gasteiger partial charge in [-0.2, -0.15) is 0 Å². The molecule has 1 rings (SSSR count). The normalized spacial score (nSPS) is 14.7. The number of nitrogens with zero attached hydrogens (tertiary/aromatic N) is 1. The number of imidazole rings is 1. The number of hydrogen-bond acceptors (Lipinski definition) is 5. The maximum atomic E-state index is 10.8. The molecule has 2 atom stereocenters. The Morgan fingerprint density at radius 1 is 1.67 bits per heavy atom. The van der Waals surface area contributed by atoms with Crippen molar-refractivity contribution in [3.8, 4) is 0 Å². The predicted molar refractivity (Wildman–Crippen MR) is 50.9 cm³/mol. The van der Waals surface area contributed by atoms with Crippen LogP contribution in [0.5, 0.6) is 0 Å². The summed E-state index contributed by atoms with van der Waals surface area (Å²) in [5.41, 5.74) is 0.379. The first-order valence-corrected chi connectivity index (χ1v) is 4.49. The Morgan fingerprint density at radius 2 is 2.33 bits per heavy atom. The molecule has 1 aromatic heterocycles. The maximum Gasteiger partial charge on any atom is 0.308 e. The van der Waals surface area contributed by atoms with Crippen LogP contribution in [-0.2, 0) is 9.53 Å². The van der Waals surface area contributed by atoms with Crippen molar-refractivity contribution in [2.75, 3.05) is 7.11 Å². The highest BCUT2D eigenvalue weighted by Crippen LogP contribution is 2.17. The molecule has 0 saturated heterocycles. The molecule has 0 aliphatic heterocycles. The van der Waals surface area contributed by atoms with Crippen LogP contribution in [-0.4, -0.2) is 39.4 Å². The molecule has 84 valence electrons. The number of esters is 1. The second kappa shape index (κ2) is 4.90. The van der Waals surface area contributed by atoms with Crippen molar-refractivity contribution in [3.63, 3.8) is 0 Å². The highest BCUT2D eigenvalue weighted by Gasteiger charge is 2.23. The number of carbonyl (C=O) groups is 1. The second-order valence-electron chi connectivity index (χ2n) is 3.22. The third-order valence-corrected chi connectivity index (χ3v) is 2.01. The maximum absolute atomic E-state index is 10.8. The zero-order valence-electron chi connectivity index (χ0n) is 8.60. The van der Waals surface area contributed by atoms with Gasteiger partial charge in [-0.1, -0.05) is 0 Å². The number of aromatic nitrogens is 2. The molecule has 0 fully saturated rings. The van der Waals surface area contributed by atoms with E-state index in [0.717, 1.165) is 0 Å². The second-order valence-corrected chi connectivity index (χ2v) is 3.22. The van der Waals surface area contributed by atoms with Gasteiger partial charge < -0.3 is 19.9 Å². The van der Waals surface area contributed by atoms with Crippen LogP contribution in [0, 0.1) is 6.92 Å². The van der Waals surface area contributed by atoms with Crippen molar-refractivity contribution in [1.82, 2.24) is 9.97 Å². The third-order valence-electron chi connectivity index (χ3n) is 2.01. The third kappa shape index (κ3) is 3.03. The van der Waals surface area contributed by atoms with E-state index >= 15 is 0 Å². The molecule has 1 heterocycles. The van der Waals surface area contributed by atoms with Crippen LogP contribution in [0.25, 0.3) is 0 Å². The number of aliphatic hydroxyl groups is 2. The van der Waals surface area contributed by atoms with E-state index in [1.165, 1.54) is 13.3 Å². The number of carbonyl (C=O) groups excluding carboxylic acids is 1. The summed E-state index contributed by atoms with van der Waals surface area (Å²) >= 11 is 0. The lowest BCUT2D eigenvalue weighted by Crippen LogP contribution is -2.22. The summed E-state index contributed by atoms with van der Waals surface area (Å²) in [5.74, 6) is 0.0621. The number of hydrogen-bond donors (Lipinski definition) is 3. The van der Waals surface area contributed by atoms with Gasteiger partial charge in [-0.05, 0) is 6.92 Å². The number of aliphatic hydroxyl groups excluding tert-OH is 2. The van der Waals surface area contributed by atoms with Crippen molar-refractivity contribution in [2.24, 2.45) is 0 Å². The highest BCUT2D eigenvalue weighted by atomic mass is 16.5. The Hall–Kier alpha value is -1.40. The summed E-state index contributed by atoms with van der Waals surface area (Å²) in [5, 5.41) is 19.1. The molecule has 3 N–H and O–H groups in total. The van der Waals surface area contributed by atoms with Crippen LogP contribution in [0.1, 0.15) is 24.0 Å². The van der Waals surface area contributed by atoms with Gasteiger partial charge in [-0.15, -0.1) is 0 Å². The molecule has 0 aromatic carbocycles. The fourth-order valence-corrected chi connectivity index (χ4v) is 1.16. The number of ether oxygens (including phenoxy) is 1. The molecule has 2 unspecified atom stereocenters. The monoisotopic (exact) mass is 214 g/mol. The molecule has 0 aliphatic rings. The van der Waals surface area contributed by atoms with E-state index in [1.54, 1.807) is 6.92 Å². The van der Waals surface area contributed by atoms with E-state index in [2.05, 4.69) is 14.7 Å². The minimum Gasteiger partial charge on any atom is -0.469 e. The van der Waals surface area contributed by atoms with Crippen LogP contribution >= 0.6 is 0 Å². The Bertz CT molecular complexity index is 337. The lowest BCUT2D eigenvalue weighted by atomic mass is 10.1. The van der Waals surface area contributed by atoms with Crippen molar-refractivity contribution >= 4 is 5.97 Å². The highest BCUT2D eigenvalue weighted by molar-refractivity contribution is 5.69. The van der Waals surface area contributed by atoms with Gasteiger partial charge >= 0.3 is 5.97 Å². The van der Waals surface area contributed by atoms with Crippen LogP contribution in [0.3, 0.4) is 0 Å². The van der Waals surface area contributed by atoms with E-state index in [9.17, 15) is 15.0 Å². The van der Waals surface area contributed by atoms with Gasteiger partial charge in [0.05, 0.1) is 31.5 Å². The molecule has 1 aromatic rings.